The topological polar surface area (TPSA) is 18.5 Å². The maximum absolute atomic E-state index is 10.6. The molecule has 0 aromatic rings. The predicted molar refractivity (Wildman–Crippen MR) is 26.2 cm³/mol. The first-order valence-electron chi connectivity index (χ1n) is 2.52. The molecule has 0 fully saturated rings. The van der Waals surface area contributed by atoms with E-state index in [4.69, 9.17) is 0 Å². The van der Waals surface area contributed by atoms with Gasteiger partial charge in [-0.05, 0) is 0 Å². The van der Waals surface area contributed by atoms with Crippen LogP contribution >= 0.6 is 0 Å². The van der Waals surface area contributed by atoms with Gasteiger partial charge in [-0.1, -0.05) is 0 Å². The number of rotatable bonds is 2. The van der Waals surface area contributed by atoms with Gasteiger partial charge in [0.1, 0.15) is 0 Å². The molecule has 0 atom stereocenters. The van der Waals surface area contributed by atoms with Crippen molar-refractivity contribution in [2.75, 3.05) is 7.11 Å². The fourth-order valence-corrected chi connectivity index (χ4v) is 0.0778. The SMILES string of the molecule is COC(F)(F)F.FC(F)OC(F)F. The van der Waals surface area contributed by atoms with E-state index in [1.54, 1.807) is 0 Å². The van der Waals surface area contributed by atoms with Crippen LogP contribution in [0.2, 0.25) is 0 Å². The van der Waals surface area contributed by atoms with Crippen LogP contribution < -0.4 is 0 Å². The van der Waals surface area contributed by atoms with E-state index in [1.807, 2.05) is 0 Å². The number of alkyl halides is 7. The van der Waals surface area contributed by atoms with Gasteiger partial charge in [0, 0.05) is 7.11 Å². The fraction of sp³-hybridized carbons (Fsp3) is 1.00. The van der Waals surface area contributed by atoms with Gasteiger partial charge in [0.05, 0.1) is 0 Å². The predicted octanol–water partition coefficient (Wildman–Crippen LogP) is 2.60. The number of methoxy groups -OCH3 is 1. The quantitative estimate of drug-likeness (QED) is 0.663. The highest BCUT2D eigenvalue weighted by Gasteiger charge is 2.25. The lowest BCUT2D eigenvalue weighted by Crippen LogP contribution is -2.08. The van der Waals surface area contributed by atoms with Gasteiger partial charge in [-0.25, -0.2) is 0 Å². The van der Waals surface area contributed by atoms with Crippen LogP contribution in [0, 0.1) is 0 Å². The summed E-state index contributed by atoms with van der Waals surface area (Å²) >= 11 is 0. The van der Waals surface area contributed by atoms with Crippen molar-refractivity contribution in [2.24, 2.45) is 0 Å². The summed E-state index contributed by atoms with van der Waals surface area (Å²) in [5.41, 5.74) is 0. The summed E-state index contributed by atoms with van der Waals surface area (Å²) in [7, 11) is 0.583. The molecular weight excluding hydrogens is 213 g/mol. The zero-order valence-corrected chi connectivity index (χ0v) is 6.12. The summed E-state index contributed by atoms with van der Waals surface area (Å²) < 4.78 is 79.5. The Bertz CT molecular complexity index is 106. The monoisotopic (exact) mass is 218 g/mol. The van der Waals surface area contributed by atoms with Crippen LogP contribution in [0.15, 0.2) is 0 Å². The number of ether oxygens (including phenoxy) is 2. The fourth-order valence-electron chi connectivity index (χ4n) is 0.0778. The Hall–Kier alpha value is -0.570. The molecule has 13 heavy (non-hydrogen) atoms. The first-order valence-corrected chi connectivity index (χ1v) is 2.52. The second-order valence-electron chi connectivity index (χ2n) is 1.31. The Morgan fingerprint density at radius 2 is 1.15 bits per heavy atom. The van der Waals surface area contributed by atoms with E-state index in [1.165, 1.54) is 0 Å². The van der Waals surface area contributed by atoms with Crippen LogP contribution in [0.25, 0.3) is 0 Å². The van der Waals surface area contributed by atoms with Gasteiger partial charge in [0.2, 0.25) is 0 Å². The Kier molecular flexibility index (Phi) is 7.92. The largest absolute Gasteiger partial charge is 0.522 e. The normalized spacial score (nSPS) is 11.5. The molecule has 0 bridgehead atoms. The van der Waals surface area contributed by atoms with Gasteiger partial charge in [0.15, 0.2) is 0 Å². The van der Waals surface area contributed by atoms with E-state index in [-0.39, 0.29) is 0 Å². The molecule has 0 saturated carbocycles. The summed E-state index contributed by atoms with van der Waals surface area (Å²) in [5, 5.41) is 0. The zero-order chi connectivity index (χ0) is 11.1. The third kappa shape index (κ3) is 24.6. The molecule has 0 unspecified atom stereocenters. The third-order valence-corrected chi connectivity index (χ3v) is 0.437. The van der Waals surface area contributed by atoms with Crippen LogP contribution in [0.4, 0.5) is 30.7 Å². The van der Waals surface area contributed by atoms with Crippen LogP contribution in [-0.2, 0) is 9.47 Å². The number of hydrogen-bond acceptors (Lipinski definition) is 2. The highest BCUT2D eigenvalue weighted by molar-refractivity contribution is 4.15. The Morgan fingerprint density at radius 3 is 1.15 bits per heavy atom. The van der Waals surface area contributed by atoms with Crippen LogP contribution in [0.5, 0.6) is 0 Å². The van der Waals surface area contributed by atoms with Gasteiger partial charge in [-0.3, -0.25) is 9.47 Å². The Balaban J connectivity index is 0. The zero-order valence-electron chi connectivity index (χ0n) is 6.12. The van der Waals surface area contributed by atoms with E-state index in [2.05, 4.69) is 9.47 Å². The van der Waals surface area contributed by atoms with E-state index in [0.717, 1.165) is 0 Å². The molecule has 0 radical (unpaired) electrons. The summed E-state index contributed by atoms with van der Waals surface area (Å²) in [6, 6.07) is 0. The summed E-state index contributed by atoms with van der Waals surface area (Å²) in [4.78, 5) is 0. The number of halogens is 7. The van der Waals surface area contributed by atoms with Gasteiger partial charge < -0.3 is 0 Å². The van der Waals surface area contributed by atoms with Crippen molar-refractivity contribution in [3.05, 3.63) is 0 Å². The molecule has 0 aromatic carbocycles. The Labute approximate surface area is 68.2 Å². The summed E-state index contributed by atoms with van der Waals surface area (Å²) in [5.74, 6) is 0. The lowest BCUT2D eigenvalue weighted by molar-refractivity contribution is -0.311. The molecule has 0 aromatic heterocycles. The van der Waals surface area contributed by atoms with Crippen molar-refractivity contribution in [1.82, 2.24) is 0 Å². The van der Waals surface area contributed by atoms with E-state index in [9.17, 15) is 30.7 Å². The second kappa shape index (κ2) is 6.89. The van der Waals surface area contributed by atoms with Crippen LogP contribution in [0.3, 0.4) is 0 Å². The molecule has 0 heterocycles. The smallest absolute Gasteiger partial charge is 0.295 e. The van der Waals surface area contributed by atoms with Crippen LogP contribution in [0.1, 0.15) is 0 Å². The molecular formula is C4H5F7O2. The van der Waals surface area contributed by atoms with Gasteiger partial charge >= 0.3 is 19.6 Å². The highest BCUT2D eigenvalue weighted by Crippen LogP contribution is 2.13. The van der Waals surface area contributed by atoms with Crippen LogP contribution in [-0.4, -0.2) is 26.7 Å². The van der Waals surface area contributed by atoms with Crippen molar-refractivity contribution in [2.45, 2.75) is 19.6 Å². The van der Waals surface area contributed by atoms with Crippen molar-refractivity contribution in [3.63, 3.8) is 0 Å². The summed E-state index contributed by atoms with van der Waals surface area (Å²) in [6.45, 7) is -6.75. The molecule has 82 valence electrons. The van der Waals surface area contributed by atoms with Crippen molar-refractivity contribution < 1.29 is 40.2 Å². The molecule has 0 aliphatic rings. The first kappa shape index (κ1) is 14.9. The average Bonchev–Trinajstić information content (AvgIpc) is 1.84. The average molecular weight is 218 g/mol. The Morgan fingerprint density at radius 1 is 0.923 bits per heavy atom. The van der Waals surface area contributed by atoms with Crippen molar-refractivity contribution in [1.29, 1.82) is 0 Å². The molecule has 2 nitrogen and oxygen atoms in total. The molecule has 0 rings (SSSR count). The molecule has 0 saturated heterocycles. The number of hydrogen-bond donors (Lipinski definition) is 0. The molecule has 0 aliphatic heterocycles. The maximum atomic E-state index is 10.6. The van der Waals surface area contributed by atoms with Crippen molar-refractivity contribution >= 4 is 0 Å². The lowest BCUT2D eigenvalue weighted by Gasteiger charge is -1.97. The van der Waals surface area contributed by atoms with Gasteiger partial charge in [0.25, 0.3) is 0 Å². The van der Waals surface area contributed by atoms with E-state index >= 15 is 0 Å². The maximum Gasteiger partial charge on any atom is 0.522 e. The molecule has 0 aliphatic carbocycles. The van der Waals surface area contributed by atoms with Gasteiger partial charge in [-0.2, -0.15) is 17.6 Å². The molecule has 0 N–H and O–H groups in total. The lowest BCUT2D eigenvalue weighted by atomic mass is 11.3. The molecule has 0 amide bonds. The van der Waals surface area contributed by atoms with E-state index in [0.29, 0.717) is 7.11 Å². The minimum absolute atomic E-state index is 0.583. The minimum Gasteiger partial charge on any atom is -0.295 e. The molecule has 0 spiro atoms. The van der Waals surface area contributed by atoms with E-state index < -0.39 is 19.6 Å². The summed E-state index contributed by atoms with van der Waals surface area (Å²) in [6.07, 6.45) is -4.46. The van der Waals surface area contributed by atoms with Crippen molar-refractivity contribution in [3.8, 4) is 0 Å². The first-order chi connectivity index (χ1) is 5.69. The third-order valence-electron chi connectivity index (χ3n) is 0.437. The van der Waals surface area contributed by atoms with Gasteiger partial charge in [-0.15, -0.1) is 13.2 Å². The highest BCUT2D eigenvalue weighted by atomic mass is 19.4. The molecule has 9 heteroatoms. The second-order valence-corrected chi connectivity index (χ2v) is 1.31. The standard InChI is InChI=1S/C2H2F4O.C2H3F3O/c3-1(4)7-2(5)6;1-6-2(3,4)5/h1-2H;1H3. The minimum atomic E-state index is -4.46.